The lowest BCUT2D eigenvalue weighted by atomic mass is 10.1. The van der Waals surface area contributed by atoms with Crippen molar-refractivity contribution in [2.45, 2.75) is 26.7 Å². The average molecular weight is 340 g/mol. The summed E-state index contributed by atoms with van der Waals surface area (Å²) < 4.78 is 0. The Morgan fingerprint density at radius 1 is 1.22 bits per heavy atom. The third-order valence-electron chi connectivity index (χ3n) is 3.51. The summed E-state index contributed by atoms with van der Waals surface area (Å²) in [5.41, 5.74) is 1.71. The van der Waals surface area contributed by atoms with Crippen molar-refractivity contribution in [3.8, 4) is 0 Å². The molecule has 5 nitrogen and oxygen atoms in total. The first-order chi connectivity index (χ1) is 10.8. The fourth-order valence-corrected chi connectivity index (χ4v) is 2.41. The minimum Gasteiger partial charge on any atom is -0.356 e. The predicted molar refractivity (Wildman–Crippen MR) is 95.0 cm³/mol. The third-order valence-corrected chi connectivity index (χ3v) is 3.74. The number of nitrogens with one attached hydrogen (secondary N) is 1. The van der Waals surface area contributed by atoms with Gasteiger partial charge in [-0.2, -0.15) is 0 Å². The highest BCUT2D eigenvalue weighted by Gasteiger charge is 2.15. The summed E-state index contributed by atoms with van der Waals surface area (Å²) in [5.74, 6) is -0.148. The van der Waals surface area contributed by atoms with Gasteiger partial charge in [0.25, 0.3) is 0 Å². The van der Waals surface area contributed by atoms with Crippen molar-refractivity contribution in [3.05, 3.63) is 28.8 Å². The van der Waals surface area contributed by atoms with Crippen LogP contribution in [0.15, 0.2) is 18.2 Å². The molecule has 0 saturated carbocycles. The molecule has 0 aliphatic heterocycles. The smallest absolute Gasteiger partial charge is 0.223 e. The van der Waals surface area contributed by atoms with Crippen LogP contribution in [0.25, 0.3) is 0 Å². The lowest BCUT2D eigenvalue weighted by Gasteiger charge is -2.23. The number of rotatable bonds is 8. The summed E-state index contributed by atoms with van der Waals surface area (Å²) in [6.07, 6.45) is 1.18. The molecule has 6 heteroatoms. The van der Waals surface area contributed by atoms with E-state index in [1.807, 2.05) is 27.1 Å². The molecule has 0 aliphatic rings. The van der Waals surface area contributed by atoms with Crippen LogP contribution in [-0.2, 0) is 9.59 Å². The van der Waals surface area contributed by atoms with Crippen LogP contribution in [0.4, 0.5) is 5.69 Å². The lowest BCUT2D eigenvalue weighted by Crippen LogP contribution is -2.35. The zero-order valence-corrected chi connectivity index (χ0v) is 15.1. The largest absolute Gasteiger partial charge is 0.356 e. The van der Waals surface area contributed by atoms with E-state index in [2.05, 4.69) is 10.2 Å². The highest BCUT2D eigenvalue weighted by molar-refractivity contribution is 6.31. The van der Waals surface area contributed by atoms with Gasteiger partial charge in [-0.25, -0.2) is 0 Å². The number of hydrogen-bond acceptors (Lipinski definition) is 3. The molecule has 1 aromatic rings. The Labute approximate surface area is 143 Å². The molecule has 1 rings (SSSR count). The Balaban J connectivity index is 2.56. The second-order valence-corrected chi connectivity index (χ2v) is 6.29. The number of benzene rings is 1. The maximum Gasteiger partial charge on any atom is 0.223 e. The standard InChI is InChI=1S/C17H26ClN3O2/c1-13-6-7-15(18)12-16(13)21(14(2)22)11-8-17(23)19-9-5-10-20(3)4/h6-7,12H,5,8-11H2,1-4H3,(H,19,23). The maximum absolute atomic E-state index is 11.9. The van der Waals surface area contributed by atoms with Gasteiger partial charge in [0.1, 0.15) is 0 Å². The van der Waals surface area contributed by atoms with Gasteiger partial charge in [-0.1, -0.05) is 17.7 Å². The molecule has 0 bridgehead atoms. The first-order valence-corrected chi connectivity index (χ1v) is 8.14. The normalized spacial score (nSPS) is 10.7. The molecule has 2 amide bonds. The lowest BCUT2D eigenvalue weighted by molar-refractivity contribution is -0.121. The topological polar surface area (TPSA) is 52.7 Å². The van der Waals surface area contributed by atoms with Crippen molar-refractivity contribution in [2.75, 3.05) is 38.6 Å². The van der Waals surface area contributed by atoms with Crippen LogP contribution in [0, 0.1) is 6.92 Å². The number of amides is 2. The zero-order chi connectivity index (χ0) is 17.4. The molecule has 0 saturated heterocycles. The quantitative estimate of drug-likeness (QED) is 0.740. The minimum atomic E-state index is -0.101. The van der Waals surface area contributed by atoms with E-state index in [0.29, 0.717) is 18.1 Å². The molecule has 0 radical (unpaired) electrons. The Hall–Kier alpha value is -1.59. The molecule has 0 spiro atoms. The minimum absolute atomic E-state index is 0.0466. The van der Waals surface area contributed by atoms with Gasteiger partial charge in [-0.05, 0) is 51.7 Å². The van der Waals surface area contributed by atoms with E-state index in [1.165, 1.54) is 6.92 Å². The average Bonchev–Trinajstić information content (AvgIpc) is 2.46. The van der Waals surface area contributed by atoms with Gasteiger partial charge in [-0.3, -0.25) is 9.59 Å². The second kappa shape index (κ2) is 9.53. The monoisotopic (exact) mass is 339 g/mol. The Kier molecular flexibility index (Phi) is 8.06. The van der Waals surface area contributed by atoms with Crippen molar-refractivity contribution >= 4 is 29.1 Å². The van der Waals surface area contributed by atoms with Gasteiger partial charge in [0.2, 0.25) is 11.8 Å². The molecule has 23 heavy (non-hydrogen) atoms. The second-order valence-electron chi connectivity index (χ2n) is 5.86. The summed E-state index contributed by atoms with van der Waals surface area (Å²) >= 11 is 6.02. The van der Waals surface area contributed by atoms with Crippen molar-refractivity contribution in [1.29, 1.82) is 0 Å². The van der Waals surface area contributed by atoms with E-state index < -0.39 is 0 Å². The predicted octanol–water partition coefficient (Wildman–Crippen LogP) is 2.46. The molecule has 0 atom stereocenters. The third kappa shape index (κ3) is 7.01. The summed E-state index contributed by atoms with van der Waals surface area (Å²) in [4.78, 5) is 27.5. The van der Waals surface area contributed by atoms with Crippen LogP contribution in [0.2, 0.25) is 5.02 Å². The highest BCUT2D eigenvalue weighted by atomic mass is 35.5. The number of hydrogen-bond donors (Lipinski definition) is 1. The van der Waals surface area contributed by atoms with Gasteiger partial charge in [0, 0.05) is 37.1 Å². The van der Waals surface area contributed by atoms with Crippen molar-refractivity contribution in [2.24, 2.45) is 0 Å². The number of carbonyl (C=O) groups excluding carboxylic acids is 2. The summed E-state index contributed by atoms with van der Waals surface area (Å²) in [6, 6.07) is 5.42. The fraction of sp³-hybridized carbons (Fsp3) is 0.529. The SMILES string of the molecule is CC(=O)N(CCC(=O)NCCCN(C)C)c1cc(Cl)ccc1C. The van der Waals surface area contributed by atoms with Crippen molar-refractivity contribution in [1.82, 2.24) is 10.2 Å². The zero-order valence-electron chi connectivity index (χ0n) is 14.4. The number of anilines is 1. The molecule has 128 valence electrons. The number of aryl methyl sites for hydroxylation is 1. The van der Waals surface area contributed by atoms with Crippen molar-refractivity contribution < 1.29 is 9.59 Å². The van der Waals surface area contributed by atoms with E-state index in [9.17, 15) is 9.59 Å². The van der Waals surface area contributed by atoms with Crippen LogP contribution in [0.3, 0.4) is 0 Å². The van der Waals surface area contributed by atoms with Gasteiger partial charge in [-0.15, -0.1) is 0 Å². The van der Waals surface area contributed by atoms with Gasteiger partial charge in [0.05, 0.1) is 0 Å². The van der Waals surface area contributed by atoms with Crippen LogP contribution in [0.5, 0.6) is 0 Å². The molecular formula is C17H26ClN3O2. The molecule has 1 aromatic carbocycles. The van der Waals surface area contributed by atoms with E-state index in [0.717, 1.165) is 24.2 Å². The van der Waals surface area contributed by atoms with Crippen molar-refractivity contribution in [3.63, 3.8) is 0 Å². The van der Waals surface area contributed by atoms with E-state index in [-0.39, 0.29) is 18.2 Å². The first kappa shape index (κ1) is 19.5. The molecule has 1 N–H and O–H groups in total. The molecule has 0 fully saturated rings. The summed E-state index contributed by atoms with van der Waals surface area (Å²) in [7, 11) is 4.00. The summed E-state index contributed by atoms with van der Waals surface area (Å²) in [6.45, 7) is 5.34. The molecule has 0 aliphatic carbocycles. The van der Waals surface area contributed by atoms with Crippen LogP contribution >= 0.6 is 11.6 Å². The Bertz CT molecular complexity index is 547. The van der Waals surface area contributed by atoms with Crippen LogP contribution in [-0.4, -0.2) is 50.4 Å². The number of nitrogens with zero attached hydrogens (tertiary/aromatic N) is 2. The van der Waals surface area contributed by atoms with Gasteiger partial charge < -0.3 is 15.1 Å². The highest BCUT2D eigenvalue weighted by Crippen LogP contribution is 2.24. The van der Waals surface area contributed by atoms with E-state index >= 15 is 0 Å². The fourth-order valence-electron chi connectivity index (χ4n) is 2.25. The maximum atomic E-state index is 11.9. The number of carbonyl (C=O) groups is 2. The first-order valence-electron chi connectivity index (χ1n) is 7.77. The molecule has 0 heterocycles. The number of halogens is 1. The summed E-state index contributed by atoms with van der Waals surface area (Å²) in [5, 5.41) is 3.45. The molecular weight excluding hydrogens is 314 g/mol. The van der Waals surface area contributed by atoms with Gasteiger partial charge in [0.15, 0.2) is 0 Å². The molecule has 0 unspecified atom stereocenters. The van der Waals surface area contributed by atoms with E-state index in [4.69, 9.17) is 11.6 Å². The van der Waals surface area contributed by atoms with Crippen LogP contribution < -0.4 is 10.2 Å². The Morgan fingerprint density at radius 2 is 1.91 bits per heavy atom. The van der Waals surface area contributed by atoms with Crippen LogP contribution in [0.1, 0.15) is 25.3 Å². The molecule has 0 aromatic heterocycles. The van der Waals surface area contributed by atoms with E-state index in [1.54, 1.807) is 17.0 Å². The Morgan fingerprint density at radius 3 is 2.52 bits per heavy atom. The van der Waals surface area contributed by atoms with Gasteiger partial charge >= 0.3 is 0 Å².